The molecule has 0 aliphatic rings. The maximum Gasteiger partial charge on any atom is 0.134 e. The predicted molar refractivity (Wildman–Crippen MR) is 82.0 cm³/mol. The van der Waals surface area contributed by atoms with E-state index in [0.717, 1.165) is 43.1 Å². The second kappa shape index (κ2) is 7.43. The first kappa shape index (κ1) is 14.2. The molecule has 0 aliphatic heterocycles. The van der Waals surface area contributed by atoms with Crippen LogP contribution in [-0.4, -0.2) is 28.0 Å². The standard InChI is InChI=1S/C15H21N5/c1-3-7-17-14-12(2)15(20-11-19-14)18-9-6-13-5-4-8-16-10-13/h4-5,8,10-11H,3,6-7,9H2,1-2H3,(H2,17,18,19,20). The average molecular weight is 271 g/mol. The van der Waals surface area contributed by atoms with E-state index in [2.05, 4.69) is 38.6 Å². The van der Waals surface area contributed by atoms with Crippen LogP contribution < -0.4 is 10.6 Å². The van der Waals surface area contributed by atoms with Gasteiger partial charge in [-0.3, -0.25) is 4.98 Å². The third-order valence-corrected chi connectivity index (χ3v) is 3.06. The van der Waals surface area contributed by atoms with Crippen molar-refractivity contribution in [3.63, 3.8) is 0 Å². The number of nitrogens with one attached hydrogen (secondary N) is 2. The lowest BCUT2D eigenvalue weighted by atomic mass is 10.2. The molecule has 0 aliphatic carbocycles. The van der Waals surface area contributed by atoms with Crippen molar-refractivity contribution in [2.75, 3.05) is 23.7 Å². The molecule has 0 saturated heterocycles. The van der Waals surface area contributed by atoms with Crippen molar-refractivity contribution in [1.29, 1.82) is 0 Å². The van der Waals surface area contributed by atoms with Crippen molar-refractivity contribution in [2.45, 2.75) is 26.7 Å². The minimum absolute atomic E-state index is 0.830. The van der Waals surface area contributed by atoms with E-state index >= 15 is 0 Å². The summed E-state index contributed by atoms with van der Waals surface area (Å²) < 4.78 is 0. The minimum Gasteiger partial charge on any atom is -0.370 e. The summed E-state index contributed by atoms with van der Waals surface area (Å²) in [5.41, 5.74) is 2.28. The summed E-state index contributed by atoms with van der Waals surface area (Å²) in [6.07, 6.45) is 7.28. The predicted octanol–water partition coefficient (Wildman–Crippen LogP) is 2.66. The molecule has 5 heteroatoms. The molecule has 0 atom stereocenters. The van der Waals surface area contributed by atoms with Crippen LogP contribution in [0.25, 0.3) is 0 Å². The smallest absolute Gasteiger partial charge is 0.134 e. The summed E-state index contributed by atoms with van der Waals surface area (Å²) in [5.74, 6) is 1.80. The quantitative estimate of drug-likeness (QED) is 0.810. The zero-order valence-electron chi connectivity index (χ0n) is 12.1. The third kappa shape index (κ3) is 3.91. The van der Waals surface area contributed by atoms with Crippen LogP contribution in [0.3, 0.4) is 0 Å². The number of hydrogen-bond acceptors (Lipinski definition) is 5. The Balaban J connectivity index is 1.92. The minimum atomic E-state index is 0.830. The molecule has 0 unspecified atom stereocenters. The topological polar surface area (TPSA) is 62.7 Å². The first-order chi connectivity index (χ1) is 9.81. The first-order valence-electron chi connectivity index (χ1n) is 6.99. The van der Waals surface area contributed by atoms with Gasteiger partial charge >= 0.3 is 0 Å². The first-order valence-corrected chi connectivity index (χ1v) is 6.99. The highest BCUT2D eigenvalue weighted by Gasteiger charge is 2.05. The number of hydrogen-bond donors (Lipinski definition) is 2. The molecular formula is C15H21N5. The van der Waals surface area contributed by atoms with Crippen LogP contribution in [0.1, 0.15) is 24.5 Å². The van der Waals surface area contributed by atoms with E-state index in [9.17, 15) is 0 Å². The molecule has 0 fully saturated rings. The fraction of sp³-hybridized carbons (Fsp3) is 0.400. The van der Waals surface area contributed by atoms with E-state index < -0.39 is 0 Å². The molecule has 5 nitrogen and oxygen atoms in total. The average Bonchev–Trinajstić information content (AvgIpc) is 2.49. The Morgan fingerprint density at radius 2 is 1.85 bits per heavy atom. The lowest BCUT2D eigenvalue weighted by Crippen LogP contribution is -2.11. The van der Waals surface area contributed by atoms with Gasteiger partial charge in [0.05, 0.1) is 0 Å². The van der Waals surface area contributed by atoms with E-state index in [1.165, 1.54) is 5.56 Å². The highest BCUT2D eigenvalue weighted by molar-refractivity contribution is 5.56. The van der Waals surface area contributed by atoms with Crippen molar-refractivity contribution in [3.8, 4) is 0 Å². The SMILES string of the molecule is CCCNc1ncnc(NCCc2cccnc2)c1C. The van der Waals surface area contributed by atoms with E-state index in [-0.39, 0.29) is 0 Å². The maximum absolute atomic E-state index is 4.30. The Morgan fingerprint density at radius 1 is 1.10 bits per heavy atom. The van der Waals surface area contributed by atoms with Crippen LogP contribution in [0, 0.1) is 6.92 Å². The monoisotopic (exact) mass is 271 g/mol. The fourth-order valence-corrected chi connectivity index (χ4v) is 1.92. The molecule has 2 aromatic heterocycles. The number of anilines is 2. The molecule has 2 rings (SSSR count). The zero-order chi connectivity index (χ0) is 14.2. The zero-order valence-corrected chi connectivity index (χ0v) is 12.1. The van der Waals surface area contributed by atoms with Crippen LogP contribution >= 0.6 is 0 Å². The molecule has 2 heterocycles. The Bertz CT molecular complexity index is 527. The van der Waals surface area contributed by atoms with Gasteiger partial charge < -0.3 is 10.6 Å². The molecule has 0 spiro atoms. The largest absolute Gasteiger partial charge is 0.370 e. The van der Waals surface area contributed by atoms with Gasteiger partial charge in [-0.25, -0.2) is 9.97 Å². The Labute approximate surface area is 119 Å². The molecule has 0 radical (unpaired) electrons. The molecule has 106 valence electrons. The van der Waals surface area contributed by atoms with Gasteiger partial charge in [0.25, 0.3) is 0 Å². The highest BCUT2D eigenvalue weighted by atomic mass is 15.1. The van der Waals surface area contributed by atoms with E-state index in [4.69, 9.17) is 0 Å². The highest BCUT2D eigenvalue weighted by Crippen LogP contribution is 2.17. The molecular weight excluding hydrogens is 250 g/mol. The lowest BCUT2D eigenvalue weighted by Gasteiger charge is -2.12. The van der Waals surface area contributed by atoms with Crippen LogP contribution in [-0.2, 0) is 6.42 Å². The van der Waals surface area contributed by atoms with Crippen molar-refractivity contribution in [3.05, 3.63) is 42.0 Å². The lowest BCUT2D eigenvalue weighted by molar-refractivity contribution is 0.951. The second-order valence-corrected chi connectivity index (χ2v) is 4.66. The van der Waals surface area contributed by atoms with Gasteiger partial charge in [-0.1, -0.05) is 13.0 Å². The van der Waals surface area contributed by atoms with Gasteiger partial charge in [-0.15, -0.1) is 0 Å². The summed E-state index contributed by atoms with van der Waals surface area (Å²) >= 11 is 0. The molecule has 2 aromatic rings. The molecule has 0 aromatic carbocycles. The number of rotatable bonds is 7. The number of pyridine rings is 1. The van der Waals surface area contributed by atoms with E-state index in [0.29, 0.717) is 0 Å². The van der Waals surface area contributed by atoms with Gasteiger partial charge in [0, 0.05) is 31.0 Å². The molecule has 0 bridgehead atoms. The van der Waals surface area contributed by atoms with Crippen molar-refractivity contribution < 1.29 is 0 Å². The number of aromatic nitrogens is 3. The summed E-state index contributed by atoms with van der Waals surface area (Å²) in [5, 5.41) is 6.67. The van der Waals surface area contributed by atoms with Gasteiger partial charge in [0.15, 0.2) is 0 Å². The molecule has 20 heavy (non-hydrogen) atoms. The van der Waals surface area contributed by atoms with Gasteiger partial charge in [0.1, 0.15) is 18.0 Å². The maximum atomic E-state index is 4.30. The van der Waals surface area contributed by atoms with Crippen LogP contribution in [0.4, 0.5) is 11.6 Å². The van der Waals surface area contributed by atoms with E-state index in [1.54, 1.807) is 12.5 Å². The Morgan fingerprint density at radius 3 is 2.50 bits per heavy atom. The Kier molecular flexibility index (Phi) is 5.29. The summed E-state index contributed by atoms with van der Waals surface area (Å²) in [4.78, 5) is 12.7. The normalized spacial score (nSPS) is 10.3. The summed E-state index contributed by atoms with van der Waals surface area (Å²) in [6.45, 7) is 5.92. The second-order valence-electron chi connectivity index (χ2n) is 4.66. The molecule has 2 N–H and O–H groups in total. The van der Waals surface area contributed by atoms with Crippen LogP contribution in [0.5, 0.6) is 0 Å². The van der Waals surface area contributed by atoms with Crippen molar-refractivity contribution in [2.24, 2.45) is 0 Å². The van der Waals surface area contributed by atoms with Gasteiger partial charge in [0.2, 0.25) is 0 Å². The van der Waals surface area contributed by atoms with E-state index in [1.807, 2.05) is 19.2 Å². The fourth-order valence-electron chi connectivity index (χ4n) is 1.92. The van der Waals surface area contributed by atoms with Gasteiger partial charge in [-0.05, 0) is 31.4 Å². The van der Waals surface area contributed by atoms with Crippen molar-refractivity contribution >= 4 is 11.6 Å². The van der Waals surface area contributed by atoms with Crippen LogP contribution in [0.2, 0.25) is 0 Å². The molecule has 0 saturated carbocycles. The number of nitrogens with zero attached hydrogens (tertiary/aromatic N) is 3. The molecule has 0 amide bonds. The van der Waals surface area contributed by atoms with Gasteiger partial charge in [-0.2, -0.15) is 0 Å². The van der Waals surface area contributed by atoms with Crippen molar-refractivity contribution in [1.82, 2.24) is 15.0 Å². The summed E-state index contributed by atoms with van der Waals surface area (Å²) in [7, 11) is 0. The summed E-state index contributed by atoms with van der Waals surface area (Å²) in [6, 6.07) is 4.04. The van der Waals surface area contributed by atoms with Crippen LogP contribution in [0.15, 0.2) is 30.9 Å². The Hall–Kier alpha value is -2.17. The third-order valence-electron chi connectivity index (χ3n) is 3.06.